The predicted octanol–water partition coefficient (Wildman–Crippen LogP) is 3.25. The summed E-state index contributed by atoms with van der Waals surface area (Å²) in [5, 5.41) is 2.56. The summed E-state index contributed by atoms with van der Waals surface area (Å²) >= 11 is 0. The zero-order valence-corrected chi connectivity index (χ0v) is 21.2. The van der Waals surface area contributed by atoms with E-state index in [9.17, 15) is 18.0 Å². The number of sulfonamides is 1. The predicted molar refractivity (Wildman–Crippen MR) is 140 cm³/mol. The molecule has 0 radical (unpaired) electrons. The number of ether oxygens (including phenoxy) is 2. The van der Waals surface area contributed by atoms with Gasteiger partial charge >= 0.3 is 6.03 Å². The Labute approximate surface area is 216 Å². The summed E-state index contributed by atoms with van der Waals surface area (Å²) in [7, 11) is -2.31. The van der Waals surface area contributed by atoms with Crippen LogP contribution in [-0.2, 0) is 27.7 Å². The second-order valence-electron chi connectivity index (χ2n) is 8.66. The van der Waals surface area contributed by atoms with Gasteiger partial charge in [0.05, 0.1) is 5.75 Å². The minimum atomic E-state index is -3.89. The monoisotopic (exact) mass is 523 g/mol. The third-order valence-electron chi connectivity index (χ3n) is 5.93. The van der Waals surface area contributed by atoms with Crippen molar-refractivity contribution in [3.05, 3.63) is 90.0 Å². The van der Waals surface area contributed by atoms with E-state index in [1.54, 1.807) is 25.2 Å². The van der Waals surface area contributed by atoms with Crippen molar-refractivity contribution in [2.75, 3.05) is 24.5 Å². The lowest BCUT2D eigenvalue weighted by molar-refractivity contribution is -0.120. The number of hydrogen-bond donors (Lipinski definition) is 2. The number of nitrogens with one attached hydrogen (secondary N) is 2. The van der Waals surface area contributed by atoms with Crippen LogP contribution in [0.5, 0.6) is 11.5 Å². The number of likely N-dealkylation sites (N-methyl/N-ethyl adjacent to an activating group) is 1. The van der Waals surface area contributed by atoms with Gasteiger partial charge in [0.15, 0.2) is 11.5 Å². The minimum Gasteiger partial charge on any atom is -0.454 e. The molecule has 0 aromatic heterocycles. The number of fused-ring (bicyclic) bond motifs is 1. The van der Waals surface area contributed by atoms with E-state index in [1.165, 1.54) is 4.90 Å². The number of hydrogen-bond acceptors (Lipinski definition) is 6. The topological polar surface area (TPSA) is 114 Å². The van der Waals surface area contributed by atoms with Crippen LogP contribution in [0.2, 0.25) is 0 Å². The molecule has 37 heavy (non-hydrogen) atoms. The second kappa shape index (κ2) is 11.8. The van der Waals surface area contributed by atoms with Crippen molar-refractivity contribution >= 4 is 27.6 Å². The van der Waals surface area contributed by atoms with Gasteiger partial charge in [-0.1, -0.05) is 60.7 Å². The Morgan fingerprint density at radius 3 is 2.27 bits per heavy atom. The van der Waals surface area contributed by atoms with Crippen molar-refractivity contribution in [2.24, 2.45) is 0 Å². The van der Waals surface area contributed by atoms with Gasteiger partial charge in [0, 0.05) is 25.2 Å². The third kappa shape index (κ3) is 7.23. The highest BCUT2D eigenvalue weighted by Gasteiger charge is 2.27. The molecule has 1 heterocycles. The Bertz CT molecular complexity index is 1330. The number of carbonyl (C=O) groups is 2. The van der Waals surface area contributed by atoms with E-state index in [1.807, 2.05) is 65.4 Å². The largest absolute Gasteiger partial charge is 0.454 e. The molecular formula is C27H29N3O6S. The van der Waals surface area contributed by atoms with E-state index in [0.717, 1.165) is 11.1 Å². The van der Waals surface area contributed by atoms with Crippen molar-refractivity contribution in [2.45, 2.75) is 25.3 Å². The molecule has 9 nitrogen and oxygen atoms in total. The molecule has 0 fully saturated rings. The first-order valence-corrected chi connectivity index (χ1v) is 13.5. The van der Waals surface area contributed by atoms with Gasteiger partial charge in [-0.25, -0.2) is 17.9 Å². The number of amides is 3. The normalized spacial score (nSPS) is 13.0. The Morgan fingerprint density at radius 2 is 1.57 bits per heavy atom. The number of rotatable bonds is 10. The minimum absolute atomic E-state index is 0.106. The summed E-state index contributed by atoms with van der Waals surface area (Å²) in [6, 6.07) is 21.8. The highest BCUT2D eigenvalue weighted by molar-refractivity contribution is 7.90. The summed E-state index contributed by atoms with van der Waals surface area (Å²) in [4.78, 5) is 27.5. The van der Waals surface area contributed by atoms with Crippen molar-refractivity contribution in [1.29, 1.82) is 0 Å². The smallest absolute Gasteiger partial charge is 0.329 e. The maximum absolute atomic E-state index is 13.4. The van der Waals surface area contributed by atoms with Gasteiger partial charge in [0.2, 0.25) is 22.7 Å². The molecule has 1 aliphatic rings. The molecule has 0 bridgehead atoms. The van der Waals surface area contributed by atoms with Gasteiger partial charge in [0.1, 0.15) is 6.04 Å². The van der Waals surface area contributed by atoms with E-state index < -0.39 is 28.0 Å². The molecule has 3 amide bonds. The van der Waals surface area contributed by atoms with Crippen molar-refractivity contribution in [1.82, 2.24) is 10.0 Å². The van der Waals surface area contributed by atoms with Crippen LogP contribution in [0, 0.1) is 0 Å². The summed E-state index contributed by atoms with van der Waals surface area (Å²) in [6.45, 7) is 0.106. The molecule has 1 aliphatic heterocycles. The fourth-order valence-electron chi connectivity index (χ4n) is 4.00. The van der Waals surface area contributed by atoms with Crippen molar-refractivity contribution < 1.29 is 27.5 Å². The van der Waals surface area contributed by atoms with Crippen LogP contribution in [0.1, 0.15) is 17.5 Å². The molecule has 4 rings (SSSR count). The lowest BCUT2D eigenvalue weighted by Crippen LogP contribution is -2.52. The van der Waals surface area contributed by atoms with Gasteiger partial charge in [-0.15, -0.1) is 0 Å². The first-order valence-electron chi connectivity index (χ1n) is 11.9. The SMILES string of the molecule is CN(C(=O)C(Cc1ccccc1)NC(=O)NS(=O)(=O)CCCc1ccccc1)c1ccc2c(c1)OCO2. The number of urea groups is 1. The lowest BCUT2D eigenvalue weighted by atomic mass is 10.0. The summed E-state index contributed by atoms with van der Waals surface area (Å²) in [5.74, 6) is 0.466. The Balaban J connectivity index is 1.42. The molecular weight excluding hydrogens is 494 g/mol. The molecule has 1 atom stereocenters. The molecule has 194 valence electrons. The molecule has 10 heteroatoms. The number of aryl methyl sites for hydroxylation is 1. The van der Waals surface area contributed by atoms with E-state index in [-0.39, 0.29) is 19.0 Å². The summed E-state index contributed by atoms with van der Waals surface area (Å²) < 4.78 is 37.8. The summed E-state index contributed by atoms with van der Waals surface area (Å²) in [5.41, 5.74) is 2.37. The van der Waals surface area contributed by atoms with E-state index in [2.05, 4.69) is 5.32 Å². The Morgan fingerprint density at radius 1 is 0.919 bits per heavy atom. The fraction of sp³-hybridized carbons (Fsp3) is 0.259. The van der Waals surface area contributed by atoms with E-state index in [0.29, 0.717) is 30.0 Å². The van der Waals surface area contributed by atoms with Crippen LogP contribution < -0.4 is 24.4 Å². The number of anilines is 1. The van der Waals surface area contributed by atoms with Gasteiger partial charge < -0.3 is 19.7 Å². The molecule has 3 aromatic rings. The number of nitrogens with zero attached hydrogens (tertiary/aromatic N) is 1. The van der Waals surface area contributed by atoms with Crippen molar-refractivity contribution in [3.63, 3.8) is 0 Å². The second-order valence-corrected chi connectivity index (χ2v) is 10.5. The Kier molecular flexibility index (Phi) is 8.29. The van der Waals surface area contributed by atoms with E-state index >= 15 is 0 Å². The van der Waals surface area contributed by atoms with Crippen molar-refractivity contribution in [3.8, 4) is 11.5 Å². The first-order chi connectivity index (χ1) is 17.8. The molecule has 0 spiro atoms. The molecule has 2 N–H and O–H groups in total. The number of carbonyl (C=O) groups excluding carboxylic acids is 2. The van der Waals surface area contributed by atoms with Crippen LogP contribution in [0.25, 0.3) is 0 Å². The highest BCUT2D eigenvalue weighted by Crippen LogP contribution is 2.35. The van der Waals surface area contributed by atoms with Crippen LogP contribution in [0.15, 0.2) is 78.9 Å². The van der Waals surface area contributed by atoms with Gasteiger partial charge in [-0.05, 0) is 36.1 Å². The standard InChI is InChI=1S/C27H29N3O6S/c1-30(22-14-15-24-25(18-22)36-19-35-24)26(31)23(17-21-11-6-3-7-12-21)28-27(32)29-37(33,34)16-8-13-20-9-4-2-5-10-20/h2-7,9-12,14-15,18,23H,8,13,16-17,19H2,1H3,(H2,28,29,32). The zero-order chi connectivity index (χ0) is 26.3. The molecule has 1 unspecified atom stereocenters. The Hall–Kier alpha value is -4.05. The van der Waals surface area contributed by atoms with Gasteiger partial charge in [-0.2, -0.15) is 0 Å². The molecule has 3 aromatic carbocycles. The first kappa shape index (κ1) is 26.0. The van der Waals surface area contributed by atoms with Crippen LogP contribution in [0.4, 0.5) is 10.5 Å². The average Bonchev–Trinajstić information content (AvgIpc) is 3.36. The highest BCUT2D eigenvalue weighted by atomic mass is 32.2. The third-order valence-corrected chi connectivity index (χ3v) is 7.25. The van der Waals surface area contributed by atoms with Crippen LogP contribution >= 0.6 is 0 Å². The molecule has 0 aliphatic carbocycles. The van der Waals surface area contributed by atoms with Gasteiger partial charge in [0.25, 0.3) is 0 Å². The van der Waals surface area contributed by atoms with Crippen LogP contribution in [0.3, 0.4) is 0 Å². The average molecular weight is 524 g/mol. The van der Waals surface area contributed by atoms with E-state index in [4.69, 9.17) is 9.47 Å². The maximum Gasteiger partial charge on any atom is 0.329 e. The van der Waals surface area contributed by atoms with Gasteiger partial charge in [-0.3, -0.25) is 4.79 Å². The van der Waals surface area contributed by atoms with Crippen LogP contribution in [-0.4, -0.2) is 46.0 Å². The summed E-state index contributed by atoms with van der Waals surface area (Å²) in [6.07, 6.45) is 1.10. The molecule has 0 saturated heterocycles. The zero-order valence-electron chi connectivity index (χ0n) is 20.4. The number of benzene rings is 3. The molecule has 0 saturated carbocycles. The quantitative estimate of drug-likeness (QED) is 0.422. The fourth-order valence-corrected chi connectivity index (χ4v) is 4.96. The maximum atomic E-state index is 13.4. The lowest BCUT2D eigenvalue weighted by Gasteiger charge is -2.25.